The van der Waals surface area contributed by atoms with Crippen LogP contribution in [0.1, 0.15) is 20.8 Å². The van der Waals surface area contributed by atoms with Crippen LogP contribution in [0.25, 0.3) is 0 Å². The van der Waals surface area contributed by atoms with Gasteiger partial charge < -0.3 is 10.6 Å². The first kappa shape index (κ1) is 20.6. The highest BCUT2D eigenvalue weighted by Crippen LogP contribution is 2.28. The van der Waals surface area contributed by atoms with Crippen LogP contribution in [0.3, 0.4) is 0 Å². The number of anilines is 2. The number of benzene rings is 2. The van der Waals surface area contributed by atoms with Gasteiger partial charge in [-0.1, -0.05) is 59.5 Å². The molecule has 4 rings (SSSR count). The van der Waals surface area contributed by atoms with E-state index in [0.717, 1.165) is 39.4 Å². The van der Waals surface area contributed by atoms with E-state index in [9.17, 15) is 4.79 Å². The van der Waals surface area contributed by atoms with Gasteiger partial charge in [-0.15, -0.1) is 21.5 Å². The summed E-state index contributed by atoms with van der Waals surface area (Å²) in [5.41, 5.74) is 2.57. The number of nitrogens with one attached hydrogen (secondary N) is 2. The first-order valence-electron chi connectivity index (χ1n) is 9.44. The molecule has 0 aliphatic heterocycles. The molecule has 152 valence electrons. The van der Waals surface area contributed by atoms with Crippen molar-refractivity contribution in [1.29, 1.82) is 0 Å². The number of carbonyl (C=O) groups is 1. The summed E-state index contributed by atoms with van der Waals surface area (Å²) < 4.78 is 0.930. The SMILES string of the molecule is O=C(Nc1ccccc1)c1ccc(CSc2nnc(NCCc3cccs3)s2)cc1. The monoisotopic (exact) mass is 452 g/mol. The molecule has 0 radical (unpaired) electrons. The minimum absolute atomic E-state index is 0.109. The van der Waals surface area contributed by atoms with Gasteiger partial charge in [0.25, 0.3) is 5.91 Å². The summed E-state index contributed by atoms with van der Waals surface area (Å²) in [5, 5.41) is 17.6. The van der Waals surface area contributed by atoms with Crippen molar-refractivity contribution in [1.82, 2.24) is 10.2 Å². The van der Waals surface area contributed by atoms with E-state index in [4.69, 9.17) is 0 Å². The minimum Gasteiger partial charge on any atom is -0.360 e. The van der Waals surface area contributed by atoms with E-state index in [0.29, 0.717) is 5.56 Å². The van der Waals surface area contributed by atoms with Crippen molar-refractivity contribution < 1.29 is 4.79 Å². The van der Waals surface area contributed by atoms with Gasteiger partial charge in [-0.3, -0.25) is 4.79 Å². The largest absolute Gasteiger partial charge is 0.360 e. The van der Waals surface area contributed by atoms with Crippen LogP contribution < -0.4 is 10.6 Å². The molecule has 8 heteroatoms. The van der Waals surface area contributed by atoms with Crippen LogP contribution in [0.5, 0.6) is 0 Å². The third-order valence-electron chi connectivity index (χ3n) is 4.24. The topological polar surface area (TPSA) is 66.9 Å². The molecule has 2 heterocycles. The average molecular weight is 453 g/mol. The lowest BCUT2D eigenvalue weighted by Crippen LogP contribution is -2.11. The average Bonchev–Trinajstić information content (AvgIpc) is 3.46. The molecule has 4 aromatic rings. The summed E-state index contributed by atoms with van der Waals surface area (Å²) in [6, 6.07) is 21.3. The number of aromatic nitrogens is 2. The van der Waals surface area contributed by atoms with Crippen molar-refractivity contribution >= 4 is 51.2 Å². The minimum atomic E-state index is -0.109. The number of rotatable bonds is 9. The zero-order chi connectivity index (χ0) is 20.6. The van der Waals surface area contributed by atoms with Gasteiger partial charge in [-0.05, 0) is 47.7 Å². The van der Waals surface area contributed by atoms with E-state index < -0.39 is 0 Å². The van der Waals surface area contributed by atoms with Crippen LogP contribution in [-0.2, 0) is 12.2 Å². The van der Waals surface area contributed by atoms with Crippen molar-refractivity contribution in [2.75, 3.05) is 17.2 Å². The highest BCUT2D eigenvalue weighted by molar-refractivity contribution is 8.00. The fourth-order valence-corrected chi connectivity index (χ4v) is 5.15. The fraction of sp³-hybridized carbons (Fsp3) is 0.136. The smallest absolute Gasteiger partial charge is 0.255 e. The zero-order valence-corrected chi connectivity index (χ0v) is 18.5. The van der Waals surface area contributed by atoms with Crippen molar-refractivity contribution in [3.05, 3.63) is 88.1 Å². The van der Waals surface area contributed by atoms with E-state index in [1.54, 1.807) is 34.4 Å². The Morgan fingerprint density at radius 1 is 0.967 bits per heavy atom. The van der Waals surface area contributed by atoms with Crippen molar-refractivity contribution in [3.8, 4) is 0 Å². The van der Waals surface area contributed by atoms with Crippen molar-refractivity contribution in [3.63, 3.8) is 0 Å². The molecule has 2 N–H and O–H groups in total. The second kappa shape index (κ2) is 10.4. The summed E-state index contributed by atoms with van der Waals surface area (Å²) in [6.07, 6.45) is 0.990. The molecule has 30 heavy (non-hydrogen) atoms. The molecule has 0 aliphatic carbocycles. The summed E-state index contributed by atoms with van der Waals surface area (Å²) in [4.78, 5) is 13.7. The van der Waals surface area contributed by atoms with E-state index in [1.165, 1.54) is 4.88 Å². The lowest BCUT2D eigenvalue weighted by Gasteiger charge is -2.06. The molecule has 0 bridgehead atoms. The maximum Gasteiger partial charge on any atom is 0.255 e. The van der Waals surface area contributed by atoms with Crippen LogP contribution in [0, 0.1) is 0 Å². The first-order chi connectivity index (χ1) is 14.8. The molecule has 0 atom stereocenters. The number of hydrogen-bond donors (Lipinski definition) is 2. The van der Waals surface area contributed by atoms with Crippen LogP contribution in [0.15, 0.2) is 76.4 Å². The van der Waals surface area contributed by atoms with Crippen LogP contribution in [0.4, 0.5) is 10.8 Å². The Labute approximate surface area is 187 Å². The number of carbonyl (C=O) groups excluding carboxylic acids is 1. The quantitative estimate of drug-likeness (QED) is 0.314. The molecule has 0 saturated carbocycles. The number of amides is 1. The summed E-state index contributed by atoms with van der Waals surface area (Å²) in [7, 11) is 0. The highest BCUT2D eigenvalue weighted by Gasteiger charge is 2.08. The van der Waals surface area contributed by atoms with Crippen LogP contribution in [-0.4, -0.2) is 22.6 Å². The van der Waals surface area contributed by atoms with Gasteiger partial charge in [0, 0.05) is 28.4 Å². The Bertz CT molecular complexity index is 1060. The summed E-state index contributed by atoms with van der Waals surface area (Å²) in [6.45, 7) is 0.853. The number of thioether (sulfide) groups is 1. The Morgan fingerprint density at radius 2 is 1.80 bits per heavy atom. The molecule has 0 unspecified atom stereocenters. The molecule has 0 aliphatic rings. The van der Waals surface area contributed by atoms with E-state index >= 15 is 0 Å². The molecule has 0 saturated heterocycles. The van der Waals surface area contributed by atoms with Gasteiger partial charge in [0.1, 0.15) is 0 Å². The molecule has 2 aromatic heterocycles. The van der Waals surface area contributed by atoms with Gasteiger partial charge in [0.05, 0.1) is 0 Å². The first-order valence-corrected chi connectivity index (χ1v) is 12.1. The number of nitrogens with zero attached hydrogens (tertiary/aromatic N) is 2. The Hall–Kier alpha value is -2.68. The predicted molar refractivity (Wildman–Crippen MR) is 127 cm³/mol. The van der Waals surface area contributed by atoms with Gasteiger partial charge in [0.2, 0.25) is 5.13 Å². The molecular formula is C22H20N4OS3. The van der Waals surface area contributed by atoms with E-state index in [2.05, 4.69) is 38.3 Å². The summed E-state index contributed by atoms with van der Waals surface area (Å²) in [5.74, 6) is 0.674. The number of hydrogen-bond acceptors (Lipinski definition) is 7. The normalized spacial score (nSPS) is 10.7. The lowest BCUT2D eigenvalue weighted by atomic mass is 10.1. The van der Waals surface area contributed by atoms with Crippen molar-refractivity contribution in [2.24, 2.45) is 0 Å². The van der Waals surface area contributed by atoms with Crippen LogP contribution >= 0.6 is 34.4 Å². The second-order valence-corrected chi connectivity index (χ2v) is 9.67. The summed E-state index contributed by atoms with van der Waals surface area (Å²) >= 11 is 4.99. The van der Waals surface area contributed by atoms with Gasteiger partial charge >= 0.3 is 0 Å². The number of thiophene rings is 1. The number of para-hydroxylation sites is 1. The molecular weight excluding hydrogens is 432 g/mol. The van der Waals surface area contributed by atoms with Gasteiger partial charge in [-0.25, -0.2) is 0 Å². The fourth-order valence-electron chi connectivity index (χ4n) is 2.71. The predicted octanol–water partition coefficient (Wildman–Crippen LogP) is 5.80. The molecule has 5 nitrogen and oxygen atoms in total. The molecule has 2 aromatic carbocycles. The Kier molecular flexibility index (Phi) is 7.12. The lowest BCUT2D eigenvalue weighted by molar-refractivity contribution is 0.102. The van der Waals surface area contributed by atoms with Crippen molar-refractivity contribution in [2.45, 2.75) is 16.5 Å². The maximum atomic E-state index is 12.3. The van der Waals surface area contributed by atoms with Crippen LogP contribution in [0.2, 0.25) is 0 Å². The van der Waals surface area contributed by atoms with E-state index in [1.807, 2.05) is 54.6 Å². The standard InChI is InChI=1S/C22H20N4OS3/c27-20(24-18-5-2-1-3-6-18)17-10-8-16(9-11-17)15-29-22-26-25-21(30-22)23-13-12-19-7-4-14-28-19/h1-11,14H,12-13,15H2,(H,23,25)(H,24,27). The zero-order valence-electron chi connectivity index (χ0n) is 16.1. The Morgan fingerprint density at radius 3 is 2.57 bits per heavy atom. The Balaban J connectivity index is 1.24. The molecule has 0 fully saturated rings. The molecule has 1 amide bonds. The highest BCUT2D eigenvalue weighted by atomic mass is 32.2. The van der Waals surface area contributed by atoms with E-state index in [-0.39, 0.29) is 5.91 Å². The maximum absolute atomic E-state index is 12.3. The second-order valence-electron chi connectivity index (χ2n) is 6.44. The van der Waals surface area contributed by atoms with Gasteiger partial charge in [0.15, 0.2) is 4.34 Å². The third kappa shape index (κ3) is 5.91. The van der Waals surface area contributed by atoms with Gasteiger partial charge in [-0.2, -0.15) is 0 Å². The third-order valence-corrected chi connectivity index (χ3v) is 7.27. The molecule has 0 spiro atoms.